The first-order valence-electron chi connectivity index (χ1n) is 4.67. The summed E-state index contributed by atoms with van der Waals surface area (Å²) in [4.78, 5) is 0. The molecule has 0 spiro atoms. The Bertz CT molecular complexity index is 281. The standard InChI is InChI=1S/C11H15BO/c12-8-3-6-10-4-1-2-5-11(10)7-9-13/h1-5,8,13H,6-7,9,12H2/b8-3+. The molecule has 0 aromatic heterocycles. The Kier molecular flexibility index (Phi) is 4.34. The van der Waals surface area contributed by atoms with E-state index in [-0.39, 0.29) is 6.61 Å². The molecule has 0 aliphatic rings. The largest absolute Gasteiger partial charge is 0.396 e. The summed E-state index contributed by atoms with van der Waals surface area (Å²) >= 11 is 0. The molecule has 2 heteroatoms. The van der Waals surface area contributed by atoms with Crippen molar-refractivity contribution < 1.29 is 5.11 Å². The minimum absolute atomic E-state index is 0.229. The van der Waals surface area contributed by atoms with E-state index in [2.05, 4.69) is 24.2 Å². The summed E-state index contributed by atoms with van der Waals surface area (Å²) in [6.07, 6.45) is 3.86. The van der Waals surface area contributed by atoms with Gasteiger partial charge in [0.2, 0.25) is 0 Å². The van der Waals surface area contributed by atoms with Crippen LogP contribution in [0, 0.1) is 0 Å². The summed E-state index contributed by atoms with van der Waals surface area (Å²) in [5.41, 5.74) is 2.57. The smallest absolute Gasteiger partial charge is 0.129 e. The summed E-state index contributed by atoms with van der Waals surface area (Å²) in [6.45, 7) is 0.229. The van der Waals surface area contributed by atoms with Crippen molar-refractivity contribution in [2.75, 3.05) is 6.61 Å². The van der Waals surface area contributed by atoms with Gasteiger partial charge in [-0.3, -0.25) is 0 Å². The average Bonchev–Trinajstić information content (AvgIpc) is 2.17. The first-order chi connectivity index (χ1) is 6.38. The summed E-state index contributed by atoms with van der Waals surface area (Å²) in [5.74, 6) is 2.05. The fourth-order valence-corrected chi connectivity index (χ4v) is 1.37. The lowest BCUT2D eigenvalue weighted by molar-refractivity contribution is 0.299. The zero-order valence-corrected chi connectivity index (χ0v) is 8.03. The minimum Gasteiger partial charge on any atom is -0.396 e. The Labute approximate surface area is 80.5 Å². The number of rotatable bonds is 4. The molecule has 0 bridgehead atoms. The third-order valence-electron chi connectivity index (χ3n) is 2.07. The number of hydrogen-bond donors (Lipinski definition) is 1. The molecule has 0 fully saturated rings. The van der Waals surface area contributed by atoms with Crippen LogP contribution in [0.4, 0.5) is 0 Å². The Hall–Kier alpha value is -1.02. The zero-order valence-electron chi connectivity index (χ0n) is 8.03. The second-order valence-corrected chi connectivity index (χ2v) is 3.02. The number of benzene rings is 1. The van der Waals surface area contributed by atoms with E-state index in [0.717, 1.165) is 12.8 Å². The summed E-state index contributed by atoms with van der Waals surface area (Å²) in [7, 11) is 2.02. The van der Waals surface area contributed by atoms with Crippen molar-refractivity contribution in [2.24, 2.45) is 0 Å². The molecule has 0 aliphatic carbocycles. The van der Waals surface area contributed by atoms with Crippen LogP contribution in [0.1, 0.15) is 11.1 Å². The van der Waals surface area contributed by atoms with E-state index in [1.54, 1.807) is 0 Å². The highest BCUT2D eigenvalue weighted by Crippen LogP contribution is 2.10. The summed E-state index contributed by atoms with van der Waals surface area (Å²) in [6, 6.07) is 8.25. The molecule has 0 heterocycles. The summed E-state index contributed by atoms with van der Waals surface area (Å²) in [5, 5.41) is 8.85. The highest BCUT2D eigenvalue weighted by atomic mass is 16.2. The number of hydrogen-bond acceptors (Lipinski definition) is 1. The third kappa shape index (κ3) is 3.07. The van der Waals surface area contributed by atoms with E-state index < -0.39 is 0 Å². The maximum atomic E-state index is 8.85. The molecule has 0 aliphatic heterocycles. The fraction of sp³-hybridized carbons (Fsp3) is 0.273. The van der Waals surface area contributed by atoms with E-state index in [1.165, 1.54) is 11.1 Å². The normalized spacial score (nSPS) is 10.8. The predicted molar refractivity (Wildman–Crippen MR) is 58.6 cm³/mol. The van der Waals surface area contributed by atoms with Crippen LogP contribution in [0.25, 0.3) is 0 Å². The lowest BCUT2D eigenvalue weighted by atomic mass is 10.0. The van der Waals surface area contributed by atoms with Crippen molar-refractivity contribution in [3.63, 3.8) is 0 Å². The molecule has 0 radical (unpaired) electrons. The van der Waals surface area contributed by atoms with Gasteiger partial charge in [-0.15, -0.1) is 5.98 Å². The van der Waals surface area contributed by atoms with Crippen molar-refractivity contribution in [3.8, 4) is 0 Å². The van der Waals surface area contributed by atoms with Crippen LogP contribution in [0.5, 0.6) is 0 Å². The molecule has 1 nitrogen and oxygen atoms in total. The molecule has 0 atom stereocenters. The molecule has 0 saturated heterocycles. The molecule has 68 valence electrons. The van der Waals surface area contributed by atoms with Crippen LogP contribution in [-0.2, 0) is 12.8 Å². The van der Waals surface area contributed by atoms with Crippen LogP contribution < -0.4 is 0 Å². The van der Waals surface area contributed by atoms with Crippen molar-refractivity contribution in [1.29, 1.82) is 0 Å². The van der Waals surface area contributed by atoms with Gasteiger partial charge in [-0.2, -0.15) is 0 Å². The second-order valence-electron chi connectivity index (χ2n) is 3.02. The van der Waals surface area contributed by atoms with Gasteiger partial charge in [-0.05, 0) is 24.0 Å². The molecule has 1 aromatic rings. The van der Waals surface area contributed by atoms with Crippen molar-refractivity contribution >= 4 is 7.85 Å². The van der Waals surface area contributed by atoms with Crippen molar-refractivity contribution in [3.05, 3.63) is 47.4 Å². The first kappa shape index (κ1) is 10.1. The Morgan fingerprint density at radius 3 is 2.54 bits per heavy atom. The molecule has 0 unspecified atom stereocenters. The van der Waals surface area contributed by atoms with E-state index in [9.17, 15) is 0 Å². The number of allylic oxidation sites excluding steroid dienone is 1. The van der Waals surface area contributed by atoms with Gasteiger partial charge in [-0.1, -0.05) is 30.3 Å². The highest BCUT2D eigenvalue weighted by Gasteiger charge is 1.97. The highest BCUT2D eigenvalue weighted by molar-refractivity contribution is 6.16. The Balaban J connectivity index is 2.77. The summed E-state index contributed by atoms with van der Waals surface area (Å²) < 4.78 is 0. The molecule has 1 rings (SSSR count). The third-order valence-corrected chi connectivity index (χ3v) is 2.07. The molecular formula is C11H15BO. The number of aliphatic hydroxyl groups excluding tert-OH is 1. The molecule has 0 saturated carbocycles. The van der Waals surface area contributed by atoms with Gasteiger partial charge < -0.3 is 5.11 Å². The van der Waals surface area contributed by atoms with Gasteiger partial charge in [0, 0.05) is 6.61 Å². The zero-order chi connectivity index (χ0) is 9.52. The maximum absolute atomic E-state index is 8.85. The van der Waals surface area contributed by atoms with E-state index in [4.69, 9.17) is 5.11 Å². The van der Waals surface area contributed by atoms with Gasteiger partial charge in [0.05, 0.1) is 0 Å². The molecule has 1 aromatic carbocycles. The lowest BCUT2D eigenvalue weighted by Gasteiger charge is -2.05. The van der Waals surface area contributed by atoms with Crippen molar-refractivity contribution in [2.45, 2.75) is 12.8 Å². The van der Waals surface area contributed by atoms with E-state index in [1.807, 2.05) is 20.0 Å². The van der Waals surface area contributed by atoms with Gasteiger partial charge in [-0.25, -0.2) is 0 Å². The first-order valence-corrected chi connectivity index (χ1v) is 4.67. The molecule has 0 amide bonds. The van der Waals surface area contributed by atoms with Crippen LogP contribution in [0.15, 0.2) is 36.3 Å². The lowest BCUT2D eigenvalue weighted by Crippen LogP contribution is -1.96. The predicted octanol–water partition coefficient (Wildman–Crippen LogP) is 0.911. The Morgan fingerprint density at radius 1 is 1.23 bits per heavy atom. The van der Waals surface area contributed by atoms with E-state index >= 15 is 0 Å². The van der Waals surface area contributed by atoms with Crippen LogP contribution in [0.3, 0.4) is 0 Å². The van der Waals surface area contributed by atoms with Crippen LogP contribution in [0.2, 0.25) is 0 Å². The molecule has 13 heavy (non-hydrogen) atoms. The monoisotopic (exact) mass is 174 g/mol. The number of aliphatic hydroxyl groups is 1. The molecular weight excluding hydrogens is 159 g/mol. The SMILES string of the molecule is B/C=C/Cc1ccccc1CCO. The Morgan fingerprint density at radius 2 is 1.92 bits per heavy atom. The fourth-order valence-electron chi connectivity index (χ4n) is 1.37. The minimum atomic E-state index is 0.229. The van der Waals surface area contributed by atoms with E-state index in [0.29, 0.717) is 0 Å². The average molecular weight is 174 g/mol. The maximum Gasteiger partial charge on any atom is 0.129 e. The van der Waals surface area contributed by atoms with Gasteiger partial charge in [0.15, 0.2) is 0 Å². The van der Waals surface area contributed by atoms with Gasteiger partial charge in [0.1, 0.15) is 7.85 Å². The van der Waals surface area contributed by atoms with Gasteiger partial charge >= 0.3 is 0 Å². The van der Waals surface area contributed by atoms with Crippen molar-refractivity contribution in [1.82, 2.24) is 0 Å². The topological polar surface area (TPSA) is 20.2 Å². The van der Waals surface area contributed by atoms with Gasteiger partial charge in [0.25, 0.3) is 0 Å². The quantitative estimate of drug-likeness (QED) is 0.672. The molecule has 1 N–H and O–H groups in total. The second kappa shape index (κ2) is 5.60. The van der Waals surface area contributed by atoms with Crippen LogP contribution in [-0.4, -0.2) is 19.6 Å². The van der Waals surface area contributed by atoms with Crippen LogP contribution >= 0.6 is 0 Å².